The monoisotopic (exact) mass is 425 g/mol. The number of nitrogens with one attached hydrogen (secondary N) is 1. The summed E-state index contributed by atoms with van der Waals surface area (Å²) in [5.74, 6) is -0.333. The van der Waals surface area contributed by atoms with Gasteiger partial charge in [-0.05, 0) is 36.9 Å². The number of amides is 2. The van der Waals surface area contributed by atoms with Crippen LogP contribution in [0.5, 0.6) is 0 Å². The van der Waals surface area contributed by atoms with Crippen LogP contribution < -0.4 is 5.32 Å². The summed E-state index contributed by atoms with van der Waals surface area (Å²) in [6.45, 7) is 4.32. The molecule has 3 aromatic rings. The standard InChI is InChI=1S/C22H23N3O4S/c1-13-19(14(2)29-24-13)23-21(26)18-15-7-4-5-8-16(15)22(27)25(10-11-28-3)20(18)17-9-6-12-30-17/h4-9,12,18,20H,10-11H2,1-3H3,(H,23,26). The lowest BCUT2D eigenvalue weighted by Crippen LogP contribution is -2.47. The Morgan fingerprint density at radius 2 is 2.07 bits per heavy atom. The number of ether oxygens (including phenoxy) is 1. The van der Waals surface area contributed by atoms with E-state index < -0.39 is 12.0 Å². The van der Waals surface area contributed by atoms with Crippen molar-refractivity contribution < 1.29 is 18.8 Å². The highest BCUT2D eigenvalue weighted by Crippen LogP contribution is 2.44. The van der Waals surface area contributed by atoms with Crippen molar-refractivity contribution in [3.8, 4) is 0 Å². The van der Waals surface area contributed by atoms with Crippen LogP contribution in [0, 0.1) is 13.8 Å². The predicted molar refractivity (Wildman–Crippen MR) is 114 cm³/mol. The third-order valence-electron chi connectivity index (χ3n) is 5.37. The van der Waals surface area contributed by atoms with Gasteiger partial charge in [-0.2, -0.15) is 0 Å². The molecule has 1 aliphatic heterocycles. The summed E-state index contributed by atoms with van der Waals surface area (Å²) < 4.78 is 10.4. The van der Waals surface area contributed by atoms with Gasteiger partial charge >= 0.3 is 0 Å². The van der Waals surface area contributed by atoms with Crippen molar-refractivity contribution in [3.05, 3.63) is 69.2 Å². The van der Waals surface area contributed by atoms with E-state index in [0.29, 0.717) is 35.9 Å². The fourth-order valence-corrected chi connectivity index (χ4v) is 4.82. The molecule has 7 nitrogen and oxygen atoms in total. The van der Waals surface area contributed by atoms with Gasteiger partial charge in [-0.15, -0.1) is 11.3 Å². The second-order valence-corrected chi connectivity index (χ2v) is 8.18. The van der Waals surface area contributed by atoms with E-state index in [0.717, 1.165) is 10.4 Å². The Bertz CT molecular complexity index is 1040. The van der Waals surface area contributed by atoms with Gasteiger partial charge in [-0.25, -0.2) is 0 Å². The number of aromatic nitrogens is 1. The molecule has 1 aliphatic rings. The van der Waals surface area contributed by atoms with Gasteiger partial charge in [-0.1, -0.05) is 29.4 Å². The number of anilines is 1. The van der Waals surface area contributed by atoms with Crippen molar-refractivity contribution in [3.63, 3.8) is 0 Å². The highest BCUT2D eigenvalue weighted by Gasteiger charge is 2.44. The zero-order chi connectivity index (χ0) is 21.3. The van der Waals surface area contributed by atoms with Crippen molar-refractivity contribution in [2.24, 2.45) is 0 Å². The molecule has 0 fully saturated rings. The molecule has 1 aromatic carbocycles. The van der Waals surface area contributed by atoms with Gasteiger partial charge in [-0.3, -0.25) is 9.59 Å². The summed E-state index contributed by atoms with van der Waals surface area (Å²) in [4.78, 5) is 29.7. The van der Waals surface area contributed by atoms with Crippen LogP contribution in [-0.2, 0) is 9.53 Å². The van der Waals surface area contributed by atoms with E-state index >= 15 is 0 Å². The molecular formula is C22H23N3O4S. The highest BCUT2D eigenvalue weighted by molar-refractivity contribution is 7.10. The van der Waals surface area contributed by atoms with E-state index in [9.17, 15) is 9.59 Å². The lowest BCUT2D eigenvalue weighted by atomic mass is 9.81. The first-order valence-corrected chi connectivity index (χ1v) is 10.6. The zero-order valence-corrected chi connectivity index (χ0v) is 17.9. The number of nitrogens with zero attached hydrogens (tertiary/aromatic N) is 2. The normalized spacial score (nSPS) is 18.4. The first-order chi connectivity index (χ1) is 14.5. The van der Waals surface area contributed by atoms with E-state index in [1.807, 2.05) is 35.7 Å². The molecule has 2 unspecified atom stereocenters. The van der Waals surface area contributed by atoms with Crippen molar-refractivity contribution in [1.29, 1.82) is 0 Å². The molecule has 0 saturated carbocycles. The van der Waals surface area contributed by atoms with Gasteiger partial charge < -0.3 is 19.5 Å². The fraction of sp³-hybridized carbons (Fsp3) is 0.318. The van der Waals surface area contributed by atoms with Gasteiger partial charge in [0.15, 0.2) is 5.76 Å². The van der Waals surface area contributed by atoms with Crippen LogP contribution in [0.3, 0.4) is 0 Å². The van der Waals surface area contributed by atoms with Crippen LogP contribution in [0.4, 0.5) is 5.69 Å². The second kappa shape index (κ2) is 8.41. The molecule has 2 aromatic heterocycles. The minimum atomic E-state index is -0.580. The van der Waals surface area contributed by atoms with Crippen molar-refractivity contribution in [1.82, 2.24) is 10.1 Å². The van der Waals surface area contributed by atoms with Gasteiger partial charge in [0.1, 0.15) is 11.4 Å². The minimum Gasteiger partial charge on any atom is -0.383 e. The summed E-state index contributed by atoms with van der Waals surface area (Å²) in [7, 11) is 1.60. The number of carbonyl (C=O) groups excluding carboxylic acids is 2. The summed E-state index contributed by atoms with van der Waals surface area (Å²) in [5.41, 5.74) is 2.45. The predicted octanol–water partition coefficient (Wildman–Crippen LogP) is 3.92. The first-order valence-electron chi connectivity index (χ1n) is 9.69. The number of methoxy groups -OCH3 is 1. The topological polar surface area (TPSA) is 84.7 Å². The quantitative estimate of drug-likeness (QED) is 0.647. The maximum absolute atomic E-state index is 13.6. The van der Waals surface area contributed by atoms with Crippen LogP contribution in [0.2, 0.25) is 0 Å². The van der Waals surface area contributed by atoms with Crippen molar-refractivity contribution in [2.75, 3.05) is 25.6 Å². The Kier molecular flexibility index (Phi) is 5.69. The van der Waals surface area contributed by atoms with E-state index in [1.54, 1.807) is 31.9 Å². The number of hydrogen-bond acceptors (Lipinski definition) is 6. The number of fused-ring (bicyclic) bond motifs is 1. The van der Waals surface area contributed by atoms with E-state index in [-0.39, 0.29) is 11.8 Å². The smallest absolute Gasteiger partial charge is 0.254 e. The summed E-state index contributed by atoms with van der Waals surface area (Å²) in [6, 6.07) is 10.8. The van der Waals surface area contributed by atoms with Crippen LogP contribution in [0.15, 0.2) is 46.3 Å². The molecule has 0 aliphatic carbocycles. The lowest BCUT2D eigenvalue weighted by molar-refractivity contribution is -0.119. The molecule has 30 heavy (non-hydrogen) atoms. The Balaban J connectivity index is 1.82. The van der Waals surface area contributed by atoms with Crippen LogP contribution in [0.25, 0.3) is 0 Å². The molecule has 2 amide bonds. The van der Waals surface area contributed by atoms with Gasteiger partial charge in [0.05, 0.1) is 18.6 Å². The Labute approximate surface area is 178 Å². The molecule has 4 rings (SSSR count). The van der Waals surface area contributed by atoms with Crippen molar-refractivity contribution in [2.45, 2.75) is 25.8 Å². The molecular weight excluding hydrogens is 402 g/mol. The largest absolute Gasteiger partial charge is 0.383 e. The average molecular weight is 426 g/mol. The van der Waals surface area contributed by atoms with Crippen LogP contribution in [-0.4, -0.2) is 42.1 Å². The first kappa shape index (κ1) is 20.3. The third-order valence-corrected chi connectivity index (χ3v) is 6.32. The minimum absolute atomic E-state index is 0.0950. The van der Waals surface area contributed by atoms with Gasteiger partial charge in [0.2, 0.25) is 5.91 Å². The molecule has 0 saturated heterocycles. The Morgan fingerprint density at radius 3 is 2.73 bits per heavy atom. The molecule has 1 N–H and O–H groups in total. The van der Waals surface area contributed by atoms with E-state index in [1.165, 1.54) is 11.3 Å². The maximum atomic E-state index is 13.6. The number of benzene rings is 1. The lowest BCUT2D eigenvalue weighted by Gasteiger charge is -2.41. The molecule has 0 bridgehead atoms. The maximum Gasteiger partial charge on any atom is 0.254 e. The second-order valence-electron chi connectivity index (χ2n) is 7.20. The van der Waals surface area contributed by atoms with Gasteiger partial charge in [0, 0.05) is 24.1 Å². The number of aryl methyl sites for hydroxylation is 2. The summed E-state index contributed by atoms with van der Waals surface area (Å²) >= 11 is 1.53. The number of carbonyl (C=O) groups is 2. The Morgan fingerprint density at radius 1 is 1.27 bits per heavy atom. The molecule has 3 heterocycles. The molecule has 2 atom stereocenters. The average Bonchev–Trinajstić information content (AvgIpc) is 3.39. The summed E-state index contributed by atoms with van der Waals surface area (Å²) in [5, 5.41) is 8.88. The molecule has 0 spiro atoms. The highest BCUT2D eigenvalue weighted by atomic mass is 32.1. The molecule has 156 valence electrons. The number of rotatable bonds is 6. The van der Waals surface area contributed by atoms with E-state index in [2.05, 4.69) is 10.5 Å². The van der Waals surface area contributed by atoms with Gasteiger partial charge in [0.25, 0.3) is 5.91 Å². The SMILES string of the molecule is COCCN1C(=O)c2ccccc2C(C(=O)Nc2c(C)noc2C)C1c1cccs1. The third kappa shape index (κ3) is 3.53. The fourth-order valence-electron chi connectivity index (χ4n) is 3.95. The summed E-state index contributed by atoms with van der Waals surface area (Å²) in [6.07, 6.45) is 0. The van der Waals surface area contributed by atoms with Crippen LogP contribution in [0.1, 0.15) is 44.2 Å². The Hall–Kier alpha value is -2.97. The van der Waals surface area contributed by atoms with Crippen LogP contribution >= 0.6 is 11.3 Å². The molecule has 0 radical (unpaired) electrons. The van der Waals surface area contributed by atoms with Crippen molar-refractivity contribution >= 4 is 28.8 Å². The number of hydrogen-bond donors (Lipinski definition) is 1. The zero-order valence-electron chi connectivity index (χ0n) is 17.0. The molecule has 8 heteroatoms. The number of thiophene rings is 1. The van der Waals surface area contributed by atoms with E-state index in [4.69, 9.17) is 9.26 Å².